The number of halogens is 1. The van der Waals surface area contributed by atoms with E-state index in [1.165, 1.54) is 15.5 Å². The molecule has 0 aliphatic heterocycles. The predicted molar refractivity (Wildman–Crippen MR) is 124 cm³/mol. The van der Waals surface area contributed by atoms with Crippen molar-refractivity contribution in [2.24, 2.45) is 5.92 Å². The zero-order chi connectivity index (χ0) is 22.8. The van der Waals surface area contributed by atoms with Crippen LogP contribution in [0, 0.1) is 17.2 Å². The molecule has 0 aliphatic rings. The SMILES string of the molecule is CC(C)CCn1c(=O)c2c(ncn2Cc2ccccc2C#N)n(-c2ccccc2Cl)c1=O. The highest BCUT2D eigenvalue weighted by molar-refractivity contribution is 6.32. The average Bonchev–Trinajstić information content (AvgIpc) is 3.18. The van der Waals surface area contributed by atoms with E-state index in [-0.39, 0.29) is 18.7 Å². The fraction of sp³-hybridized carbons (Fsp3) is 0.250. The van der Waals surface area contributed by atoms with Gasteiger partial charge in [-0.3, -0.25) is 9.36 Å². The molecular formula is C24H22ClN5O2. The Hall–Kier alpha value is -3.63. The Balaban J connectivity index is 2.00. The Bertz CT molecular complexity index is 1460. The van der Waals surface area contributed by atoms with Crippen molar-refractivity contribution in [1.29, 1.82) is 5.26 Å². The highest BCUT2D eigenvalue weighted by atomic mass is 35.5. The smallest absolute Gasteiger partial charge is 0.320 e. The third-order valence-corrected chi connectivity index (χ3v) is 5.72. The minimum absolute atomic E-state index is 0.239. The van der Waals surface area contributed by atoms with Gasteiger partial charge in [-0.15, -0.1) is 0 Å². The van der Waals surface area contributed by atoms with Crippen LogP contribution in [0.1, 0.15) is 31.4 Å². The first-order valence-electron chi connectivity index (χ1n) is 10.4. The van der Waals surface area contributed by atoms with Crippen molar-refractivity contribution in [2.75, 3.05) is 0 Å². The predicted octanol–water partition coefficient (Wildman–Crippen LogP) is 3.97. The maximum absolute atomic E-state index is 13.4. The van der Waals surface area contributed by atoms with Crippen molar-refractivity contribution >= 4 is 22.8 Å². The van der Waals surface area contributed by atoms with E-state index in [1.54, 1.807) is 41.0 Å². The lowest BCUT2D eigenvalue weighted by molar-refractivity contribution is 0.491. The molecule has 0 saturated heterocycles. The molecule has 4 rings (SSSR count). The Labute approximate surface area is 189 Å². The summed E-state index contributed by atoms with van der Waals surface area (Å²) in [5.74, 6) is 0.318. The van der Waals surface area contributed by atoms with Crippen LogP contribution < -0.4 is 11.2 Å². The largest absolute Gasteiger partial charge is 0.337 e. The first-order valence-corrected chi connectivity index (χ1v) is 10.7. The minimum atomic E-state index is -0.473. The summed E-state index contributed by atoms with van der Waals surface area (Å²) < 4.78 is 4.33. The number of fused-ring (bicyclic) bond motifs is 1. The third kappa shape index (κ3) is 3.85. The lowest BCUT2D eigenvalue weighted by Crippen LogP contribution is -2.40. The van der Waals surface area contributed by atoms with Gasteiger partial charge in [0.05, 0.1) is 35.2 Å². The lowest BCUT2D eigenvalue weighted by atomic mass is 10.1. The highest BCUT2D eigenvalue weighted by Gasteiger charge is 2.21. The molecule has 0 spiro atoms. The van der Waals surface area contributed by atoms with Crippen LogP contribution in [0.25, 0.3) is 16.9 Å². The summed E-state index contributed by atoms with van der Waals surface area (Å²) >= 11 is 6.41. The van der Waals surface area contributed by atoms with Crippen LogP contribution >= 0.6 is 11.6 Å². The average molecular weight is 448 g/mol. The van der Waals surface area contributed by atoms with Gasteiger partial charge in [0.2, 0.25) is 0 Å². The Morgan fingerprint density at radius 3 is 2.53 bits per heavy atom. The van der Waals surface area contributed by atoms with Crippen molar-refractivity contribution in [3.8, 4) is 11.8 Å². The van der Waals surface area contributed by atoms with Crippen molar-refractivity contribution in [1.82, 2.24) is 18.7 Å². The molecule has 0 N–H and O–H groups in total. The van der Waals surface area contributed by atoms with Gasteiger partial charge in [-0.05, 0) is 36.1 Å². The molecule has 0 fully saturated rings. The highest BCUT2D eigenvalue weighted by Crippen LogP contribution is 2.22. The molecular weight excluding hydrogens is 426 g/mol. The summed E-state index contributed by atoms with van der Waals surface area (Å²) in [4.78, 5) is 31.3. The number of aromatic nitrogens is 4. The number of hydrogen-bond acceptors (Lipinski definition) is 4. The molecule has 7 nitrogen and oxygen atoms in total. The van der Waals surface area contributed by atoms with Crippen molar-refractivity contribution in [3.63, 3.8) is 0 Å². The lowest BCUT2D eigenvalue weighted by Gasteiger charge is -2.14. The molecule has 32 heavy (non-hydrogen) atoms. The van der Waals surface area contributed by atoms with Crippen LogP contribution in [-0.4, -0.2) is 18.7 Å². The molecule has 2 aromatic heterocycles. The van der Waals surface area contributed by atoms with Gasteiger partial charge in [-0.25, -0.2) is 14.3 Å². The van der Waals surface area contributed by atoms with Gasteiger partial charge in [0.25, 0.3) is 5.56 Å². The first kappa shape index (κ1) is 21.6. The Morgan fingerprint density at radius 2 is 1.81 bits per heavy atom. The molecule has 0 unspecified atom stereocenters. The summed E-state index contributed by atoms with van der Waals surface area (Å²) in [6.07, 6.45) is 2.20. The zero-order valence-corrected chi connectivity index (χ0v) is 18.6. The van der Waals surface area contributed by atoms with E-state index in [1.807, 2.05) is 26.0 Å². The fourth-order valence-corrected chi connectivity index (χ4v) is 3.91. The fourth-order valence-electron chi connectivity index (χ4n) is 3.69. The van der Waals surface area contributed by atoms with Gasteiger partial charge in [0.1, 0.15) is 0 Å². The standard InChI is InChI=1S/C24H22ClN5O2/c1-16(2)11-12-29-23(31)21-22(30(24(29)32)20-10-6-5-9-19(20)25)27-15-28(21)14-18-8-4-3-7-17(18)13-26/h3-10,15-16H,11-12,14H2,1-2H3. The van der Waals surface area contributed by atoms with Crippen LogP contribution in [0.2, 0.25) is 5.02 Å². The number of hydrogen-bond donors (Lipinski definition) is 0. The van der Waals surface area contributed by atoms with Gasteiger partial charge in [-0.1, -0.05) is 55.8 Å². The molecule has 0 amide bonds. The number of imidazole rings is 1. The maximum Gasteiger partial charge on any atom is 0.337 e. The van der Waals surface area contributed by atoms with Crippen molar-refractivity contribution in [3.05, 3.63) is 91.8 Å². The second-order valence-electron chi connectivity index (χ2n) is 8.02. The van der Waals surface area contributed by atoms with E-state index in [2.05, 4.69) is 11.1 Å². The number of benzene rings is 2. The minimum Gasteiger partial charge on any atom is -0.320 e. The summed E-state index contributed by atoms with van der Waals surface area (Å²) in [6.45, 7) is 4.65. The van der Waals surface area contributed by atoms with E-state index in [4.69, 9.17) is 11.6 Å². The molecule has 0 radical (unpaired) electrons. The number of rotatable bonds is 6. The first-order chi connectivity index (χ1) is 15.4. The number of nitrogens with zero attached hydrogens (tertiary/aromatic N) is 5. The van der Waals surface area contributed by atoms with Gasteiger partial charge >= 0.3 is 5.69 Å². The number of nitriles is 1. The van der Waals surface area contributed by atoms with Crippen molar-refractivity contribution in [2.45, 2.75) is 33.4 Å². The molecule has 0 saturated carbocycles. The van der Waals surface area contributed by atoms with E-state index < -0.39 is 11.2 Å². The monoisotopic (exact) mass is 447 g/mol. The summed E-state index contributed by atoms with van der Waals surface area (Å²) in [5.41, 5.74) is 1.40. The zero-order valence-electron chi connectivity index (χ0n) is 17.8. The van der Waals surface area contributed by atoms with Crippen LogP contribution in [-0.2, 0) is 13.1 Å². The Kier molecular flexibility index (Phi) is 5.97. The van der Waals surface area contributed by atoms with Crippen LogP contribution in [0.15, 0.2) is 64.4 Å². The van der Waals surface area contributed by atoms with Crippen molar-refractivity contribution < 1.29 is 0 Å². The normalized spacial score (nSPS) is 11.2. The topological polar surface area (TPSA) is 85.6 Å². The van der Waals surface area contributed by atoms with Gasteiger partial charge < -0.3 is 4.57 Å². The molecule has 0 atom stereocenters. The van der Waals surface area contributed by atoms with E-state index in [9.17, 15) is 14.9 Å². The third-order valence-electron chi connectivity index (χ3n) is 5.40. The summed E-state index contributed by atoms with van der Waals surface area (Å²) in [6, 6.07) is 16.4. The van der Waals surface area contributed by atoms with Gasteiger partial charge in [0.15, 0.2) is 11.2 Å². The van der Waals surface area contributed by atoms with Gasteiger partial charge in [-0.2, -0.15) is 5.26 Å². The molecule has 2 heterocycles. The molecule has 8 heteroatoms. The quantitative estimate of drug-likeness (QED) is 0.447. The second-order valence-corrected chi connectivity index (χ2v) is 8.43. The molecule has 4 aromatic rings. The molecule has 0 bridgehead atoms. The Morgan fingerprint density at radius 1 is 1.09 bits per heavy atom. The van der Waals surface area contributed by atoms with E-state index >= 15 is 0 Å². The van der Waals surface area contributed by atoms with Crippen LogP contribution in [0.4, 0.5) is 0 Å². The van der Waals surface area contributed by atoms with Gasteiger partial charge in [0, 0.05) is 6.54 Å². The molecule has 162 valence electrons. The second kappa shape index (κ2) is 8.85. The van der Waals surface area contributed by atoms with E-state index in [0.717, 1.165) is 5.56 Å². The maximum atomic E-state index is 13.4. The van der Waals surface area contributed by atoms with E-state index in [0.29, 0.717) is 34.1 Å². The number of para-hydroxylation sites is 1. The summed E-state index contributed by atoms with van der Waals surface area (Å²) in [7, 11) is 0. The van der Waals surface area contributed by atoms with Crippen LogP contribution in [0.5, 0.6) is 0 Å². The molecule has 2 aromatic carbocycles. The molecule has 0 aliphatic carbocycles. The summed E-state index contributed by atoms with van der Waals surface area (Å²) in [5, 5.41) is 9.82. The van der Waals surface area contributed by atoms with Crippen LogP contribution in [0.3, 0.4) is 0 Å².